The summed E-state index contributed by atoms with van der Waals surface area (Å²) in [5, 5.41) is 10.6. The molecule has 0 fully saturated rings. The quantitative estimate of drug-likeness (QED) is 0.167. The van der Waals surface area contributed by atoms with E-state index in [1.165, 1.54) is 26.9 Å². The van der Waals surface area contributed by atoms with E-state index in [0.29, 0.717) is 5.82 Å². The lowest BCUT2D eigenvalue weighted by Gasteiger charge is -2.18. The Balaban J connectivity index is 1.22. The molecule has 56 heavy (non-hydrogen) atoms. The van der Waals surface area contributed by atoms with Crippen molar-refractivity contribution in [3.8, 4) is 56.3 Å². The molecule has 0 amide bonds. The van der Waals surface area contributed by atoms with Gasteiger partial charge in [-0.3, -0.25) is 0 Å². The van der Waals surface area contributed by atoms with E-state index in [1.54, 1.807) is 0 Å². The zero-order valence-corrected chi connectivity index (χ0v) is 30.4. The van der Waals surface area contributed by atoms with E-state index >= 15 is 0 Å². The molecule has 0 aliphatic heterocycles. The van der Waals surface area contributed by atoms with E-state index in [1.807, 2.05) is 18.2 Å². The number of rotatable bonds is 5. The van der Waals surface area contributed by atoms with Gasteiger partial charge in [0.2, 0.25) is 0 Å². The van der Waals surface area contributed by atoms with Crippen LogP contribution >= 0.6 is 0 Å². The Hall–Kier alpha value is -7.49. The minimum Gasteiger partial charge on any atom is -0.247 e. The lowest BCUT2D eigenvalue weighted by molar-refractivity contribution is 1.19. The van der Waals surface area contributed by atoms with E-state index in [4.69, 9.17) is 15.0 Å². The number of benzene rings is 9. The summed E-state index contributed by atoms with van der Waals surface area (Å²) in [7, 11) is 0. The third-order valence-electron chi connectivity index (χ3n) is 11.0. The van der Waals surface area contributed by atoms with Crippen LogP contribution in [0.4, 0.5) is 0 Å². The van der Waals surface area contributed by atoms with E-state index in [-0.39, 0.29) is 0 Å². The average molecular weight is 712 g/mol. The highest BCUT2D eigenvalue weighted by atomic mass is 14.9. The molecule has 11 aromatic rings. The van der Waals surface area contributed by atoms with Gasteiger partial charge in [-0.25, -0.2) is 15.0 Å². The first-order valence-electron chi connectivity index (χ1n) is 19.0. The minimum absolute atomic E-state index is 0.686. The van der Waals surface area contributed by atoms with Crippen molar-refractivity contribution in [3.63, 3.8) is 0 Å². The Bertz CT molecular complexity index is 3200. The molecule has 3 heteroatoms. The number of aromatic nitrogens is 3. The molecule has 0 N–H and O–H groups in total. The smallest absolute Gasteiger partial charge is 0.160 e. The average Bonchev–Trinajstić information content (AvgIpc) is 3.28. The van der Waals surface area contributed by atoms with Gasteiger partial charge in [0.1, 0.15) is 0 Å². The molecule has 0 bridgehead atoms. The lowest BCUT2D eigenvalue weighted by Crippen LogP contribution is -2.01. The van der Waals surface area contributed by atoms with Crippen LogP contribution in [0, 0.1) is 0 Å². The van der Waals surface area contributed by atoms with Gasteiger partial charge in [-0.05, 0) is 62.1 Å². The van der Waals surface area contributed by atoms with Crippen LogP contribution in [0.1, 0.15) is 0 Å². The first kappa shape index (κ1) is 32.0. The largest absolute Gasteiger partial charge is 0.247 e. The molecule has 3 nitrogen and oxygen atoms in total. The van der Waals surface area contributed by atoms with Gasteiger partial charge >= 0.3 is 0 Å². The fraction of sp³-hybridized carbons (Fsp3) is 0. The predicted octanol–water partition coefficient (Wildman–Crippen LogP) is 14.0. The highest BCUT2D eigenvalue weighted by molar-refractivity contribution is 6.22. The zero-order valence-electron chi connectivity index (χ0n) is 30.4. The maximum atomic E-state index is 5.45. The molecule has 0 spiro atoms. The van der Waals surface area contributed by atoms with E-state index in [9.17, 15) is 0 Å². The number of hydrogen-bond acceptors (Lipinski definition) is 3. The van der Waals surface area contributed by atoms with E-state index in [0.717, 1.165) is 77.5 Å². The molecule has 2 aromatic heterocycles. The summed E-state index contributed by atoms with van der Waals surface area (Å²) < 4.78 is 0. The van der Waals surface area contributed by atoms with Crippen LogP contribution in [-0.2, 0) is 0 Å². The molecule has 0 aliphatic rings. The van der Waals surface area contributed by atoms with Crippen LogP contribution < -0.4 is 0 Å². The van der Waals surface area contributed by atoms with Crippen molar-refractivity contribution in [2.45, 2.75) is 0 Å². The van der Waals surface area contributed by atoms with Crippen LogP contribution in [0.15, 0.2) is 200 Å². The SMILES string of the molecule is c1ccc(-c2nc(-c3ccc4ccccc4c3)c(-c3cccc(-c4nc5ccccc5c5c4ccc4ccccc45)c3)c(-c3ccc4ccccc4c3)n2)cc1. The Morgan fingerprint density at radius 2 is 0.786 bits per heavy atom. The maximum absolute atomic E-state index is 5.45. The fourth-order valence-electron chi connectivity index (χ4n) is 8.31. The van der Waals surface area contributed by atoms with Gasteiger partial charge in [0, 0.05) is 44.0 Å². The van der Waals surface area contributed by atoms with E-state index in [2.05, 4.69) is 182 Å². The summed E-state index contributed by atoms with van der Waals surface area (Å²) in [5.41, 5.74) is 9.77. The van der Waals surface area contributed by atoms with Crippen molar-refractivity contribution in [3.05, 3.63) is 200 Å². The molecule has 9 aromatic carbocycles. The second-order valence-electron chi connectivity index (χ2n) is 14.4. The first-order chi connectivity index (χ1) is 27.7. The van der Waals surface area contributed by atoms with Crippen LogP contribution in [-0.4, -0.2) is 15.0 Å². The van der Waals surface area contributed by atoms with E-state index < -0.39 is 0 Å². The summed E-state index contributed by atoms with van der Waals surface area (Å²) in [6.07, 6.45) is 0. The molecule has 11 rings (SSSR count). The van der Waals surface area contributed by atoms with Crippen LogP contribution in [0.2, 0.25) is 0 Å². The minimum atomic E-state index is 0.686. The van der Waals surface area contributed by atoms with Gasteiger partial charge in [-0.2, -0.15) is 0 Å². The van der Waals surface area contributed by atoms with Gasteiger partial charge < -0.3 is 0 Å². The summed E-state index contributed by atoms with van der Waals surface area (Å²) >= 11 is 0. The number of para-hydroxylation sites is 1. The molecule has 0 aliphatic carbocycles. The van der Waals surface area contributed by atoms with Crippen molar-refractivity contribution >= 4 is 54.0 Å². The predicted molar refractivity (Wildman–Crippen MR) is 235 cm³/mol. The number of nitrogens with zero attached hydrogens (tertiary/aromatic N) is 3. The molecule has 2 heterocycles. The topological polar surface area (TPSA) is 38.7 Å². The summed E-state index contributed by atoms with van der Waals surface area (Å²) in [4.78, 5) is 16.3. The standard InChI is InChI=1S/C53H33N3/c1-2-16-37(17-3-1)53-55-51(42-27-25-34-13-4-6-18-38(34)31-42)48(52(56-53)43-28-26-35-14-5-7-19-39(35)32-43)40-20-12-21-41(33-40)50-46-30-29-36-15-8-9-22-44(36)49(46)45-23-10-11-24-47(45)54-50/h1-33H. The first-order valence-corrected chi connectivity index (χ1v) is 19.0. The maximum Gasteiger partial charge on any atom is 0.160 e. The monoisotopic (exact) mass is 711 g/mol. The number of fused-ring (bicyclic) bond motifs is 7. The Morgan fingerprint density at radius 1 is 0.268 bits per heavy atom. The third-order valence-corrected chi connectivity index (χ3v) is 11.0. The van der Waals surface area contributed by atoms with Crippen molar-refractivity contribution < 1.29 is 0 Å². The highest BCUT2D eigenvalue weighted by Gasteiger charge is 2.22. The molecule has 0 saturated carbocycles. The molecule has 0 saturated heterocycles. The molecule has 0 atom stereocenters. The van der Waals surface area contributed by atoms with Gasteiger partial charge in [0.05, 0.1) is 22.6 Å². The van der Waals surface area contributed by atoms with Crippen LogP contribution in [0.3, 0.4) is 0 Å². The van der Waals surface area contributed by atoms with Gasteiger partial charge in [0.25, 0.3) is 0 Å². The van der Waals surface area contributed by atoms with Crippen molar-refractivity contribution in [2.24, 2.45) is 0 Å². The number of hydrogen-bond donors (Lipinski definition) is 0. The Morgan fingerprint density at radius 3 is 1.48 bits per heavy atom. The third kappa shape index (κ3) is 5.40. The van der Waals surface area contributed by atoms with Gasteiger partial charge in [0.15, 0.2) is 5.82 Å². The lowest BCUT2D eigenvalue weighted by atomic mass is 9.90. The molecule has 0 radical (unpaired) electrons. The van der Waals surface area contributed by atoms with Crippen molar-refractivity contribution in [1.82, 2.24) is 15.0 Å². The highest BCUT2D eigenvalue weighted by Crippen LogP contribution is 2.43. The molecule has 0 unspecified atom stereocenters. The summed E-state index contributed by atoms with van der Waals surface area (Å²) in [6, 6.07) is 71.0. The second kappa shape index (κ2) is 13.1. The number of pyridine rings is 1. The summed E-state index contributed by atoms with van der Waals surface area (Å²) in [6.45, 7) is 0. The van der Waals surface area contributed by atoms with Crippen molar-refractivity contribution in [2.75, 3.05) is 0 Å². The fourth-order valence-corrected chi connectivity index (χ4v) is 8.31. The normalized spacial score (nSPS) is 11.6. The second-order valence-corrected chi connectivity index (χ2v) is 14.4. The van der Waals surface area contributed by atoms with Gasteiger partial charge in [-0.1, -0.05) is 176 Å². The van der Waals surface area contributed by atoms with Crippen LogP contribution in [0.5, 0.6) is 0 Å². The molecular weight excluding hydrogens is 679 g/mol. The summed E-state index contributed by atoms with van der Waals surface area (Å²) in [5.74, 6) is 0.686. The molecule has 260 valence electrons. The Kier molecular flexibility index (Phi) is 7.49. The van der Waals surface area contributed by atoms with Crippen molar-refractivity contribution in [1.29, 1.82) is 0 Å². The Labute approximate surface area is 324 Å². The zero-order chi connectivity index (χ0) is 37.0. The van der Waals surface area contributed by atoms with Gasteiger partial charge in [-0.15, -0.1) is 0 Å². The molecular formula is C53H33N3. The van der Waals surface area contributed by atoms with Crippen LogP contribution in [0.25, 0.3) is 110 Å².